The Hall–Kier alpha value is -4.37. The van der Waals surface area contributed by atoms with Crippen molar-refractivity contribution in [3.8, 4) is 0 Å². The van der Waals surface area contributed by atoms with Crippen LogP contribution in [0.4, 0.5) is 0 Å². The molecule has 49 heavy (non-hydrogen) atoms. The van der Waals surface area contributed by atoms with Gasteiger partial charge in [-0.3, -0.25) is 0 Å². The summed E-state index contributed by atoms with van der Waals surface area (Å²) in [5, 5.41) is 18.3. The van der Waals surface area contributed by atoms with Gasteiger partial charge in [0.1, 0.15) is 18.3 Å². The van der Waals surface area contributed by atoms with Crippen molar-refractivity contribution in [2.24, 2.45) is 5.16 Å². The van der Waals surface area contributed by atoms with Gasteiger partial charge in [0.15, 0.2) is 0 Å². The van der Waals surface area contributed by atoms with E-state index in [-0.39, 0.29) is 18.3 Å². The maximum absolute atomic E-state index is 11.7. The third-order valence-corrected chi connectivity index (χ3v) is 13.3. The van der Waals surface area contributed by atoms with E-state index in [0.29, 0.717) is 13.2 Å². The van der Waals surface area contributed by atoms with Crippen LogP contribution < -0.4 is 10.4 Å². The molecule has 0 unspecified atom stereocenters. The summed E-state index contributed by atoms with van der Waals surface area (Å²) in [4.78, 5) is 0. The summed E-state index contributed by atoms with van der Waals surface area (Å²) in [6.45, 7) is 7.59. The van der Waals surface area contributed by atoms with Crippen LogP contribution in [0, 0.1) is 0 Å². The van der Waals surface area contributed by atoms with E-state index in [1.54, 1.807) is 6.21 Å². The van der Waals surface area contributed by atoms with Crippen molar-refractivity contribution in [3.63, 3.8) is 0 Å². The number of hydrogen-bond donors (Lipinski definition) is 1. The van der Waals surface area contributed by atoms with E-state index in [1.165, 1.54) is 0 Å². The quantitative estimate of drug-likeness (QED) is 0.0638. The van der Waals surface area contributed by atoms with Crippen LogP contribution in [-0.4, -0.2) is 44.6 Å². The minimum atomic E-state index is -2.98. The molecular formula is C42H47NO5Si. The fraction of sp³-hybridized carbons (Fsp3) is 0.262. The molecule has 0 spiro atoms. The van der Waals surface area contributed by atoms with E-state index >= 15 is 0 Å². The van der Waals surface area contributed by atoms with Crippen LogP contribution in [0.3, 0.4) is 0 Å². The van der Waals surface area contributed by atoms with Crippen LogP contribution in [0.2, 0.25) is 5.04 Å². The Morgan fingerprint density at radius 3 is 1.45 bits per heavy atom. The van der Waals surface area contributed by atoms with Crippen LogP contribution in [0.25, 0.3) is 0 Å². The SMILES string of the molecule is CC(C)(C)[Si](O/N=C/[C@@H](OCc1ccccc1)[C@H](OCc1ccccc1)[C@@H](O)COCc1ccccc1)(c1ccccc1)c1ccccc1. The monoisotopic (exact) mass is 673 g/mol. The fourth-order valence-electron chi connectivity index (χ4n) is 5.94. The second-order valence-electron chi connectivity index (χ2n) is 13.1. The zero-order valence-electron chi connectivity index (χ0n) is 28.6. The van der Waals surface area contributed by atoms with Gasteiger partial charge in [-0.25, -0.2) is 0 Å². The summed E-state index contributed by atoms with van der Waals surface area (Å²) in [6.07, 6.45) is -0.950. The maximum Gasteiger partial charge on any atom is 0.354 e. The first-order chi connectivity index (χ1) is 23.9. The van der Waals surface area contributed by atoms with Gasteiger partial charge in [0.2, 0.25) is 0 Å². The topological polar surface area (TPSA) is 69.5 Å². The van der Waals surface area contributed by atoms with Gasteiger partial charge in [-0.2, -0.15) is 0 Å². The lowest BCUT2D eigenvalue weighted by molar-refractivity contribution is -0.127. The molecule has 0 aliphatic carbocycles. The molecule has 254 valence electrons. The van der Waals surface area contributed by atoms with Gasteiger partial charge in [-0.1, -0.05) is 172 Å². The van der Waals surface area contributed by atoms with Crippen molar-refractivity contribution in [3.05, 3.63) is 168 Å². The molecule has 0 amide bonds. The average Bonchev–Trinajstić information content (AvgIpc) is 3.13. The van der Waals surface area contributed by atoms with Gasteiger partial charge < -0.3 is 23.8 Å². The Kier molecular flexibility index (Phi) is 13.1. The van der Waals surface area contributed by atoms with Gasteiger partial charge in [0.25, 0.3) is 0 Å². The summed E-state index contributed by atoms with van der Waals surface area (Å²) >= 11 is 0. The Labute approximate surface area is 292 Å². The van der Waals surface area contributed by atoms with Crippen molar-refractivity contribution < 1.29 is 23.8 Å². The molecule has 0 aromatic heterocycles. The lowest BCUT2D eigenvalue weighted by atomic mass is 10.1. The molecule has 0 bridgehead atoms. The Balaban J connectivity index is 1.47. The Bertz CT molecular complexity index is 1630. The zero-order valence-corrected chi connectivity index (χ0v) is 29.6. The van der Waals surface area contributed by atoms with Crippen LogP contribution in [0.5, 0.6) is 0 Å². The highest BCUT2D eigenvalue weighted by Crippen LogP contribution is 2.37. The molecule has 1 N–H and O–H groups in total. The molecule has 0 saturated heterocycles. The first-order valence-corrected chi connectivity index (χ1v) is 18.7. The summed E-state index contributed by atoms with van der Waals surface area (Å²) in [7, 11) is -2.98. The largest absolute Gasteiger partial charge is 0.443 e. The standard InChI is InChI=1S/C42H47NO5Si/c1-42(2,3)49(37-25-15-7-16-26-37,38-27-17-8-18-28-38)48-43-29-40(46-31-35-21-11-5-12-22-35)41(47-32-36-23-13-6-14-24-36)39(44)33-45-30-34-19-9-4-10-20-34/h4-29,39-41,44H,30-33H2,1-3H3/b43-29+/t39-,40+,41+/m0/s1. The van der Waals surface area contributed by atoms with E-state index in [9.17, 15) is 5.11 Å². The number of oxime groups is 1. The van der Waals surface area contributed by atoms with E-state index in [2.05, 4.69) is 45.0 Å². The molecule has 5 aromatic carbocycles. The smallest absolute Gasteiger partial charge is 0.354 e. The number of aliphatic hydroxyl groups excluding tert-OH is 1. The second kappa shape index (κ2) is 17.9. The molecule has 3 atom stereocenters. The maximum atomic E-state index is 11.7. The number of rotatable bonds is 17. The van der Waals surface area contributed by atoms with Crippen LogP contribution >= 0.6 is 0 Å². The van der Waals surface area contributed by atoms with Crippen molar-refractivity contribution in [1.82, 2.24) is 0 Å². The predicted molar refractivity (Wildman–Crippen MR) is 199 cm³/mol. The van der Waals surface area contributed by atoms with Crippen molar-refractivity contribution in [2.45, 2.75) is 63.9 Å². The lowest BCUT2D eigenvalue weighted by Crippen LogP contribution is -2.65. The number of ether oxygens (including phenoxy) is 3. The highest BCUT2D eigenvalue weighted by Gasteiger charge is 2.53. The van der Waals surface area contributed by atoms with Gasteiger partial charge in [-0.15, -0.1) is 5.16 Å². The first-order valence-electron chi connectivity index (χ1n) is 16.8. The van der Waals surface area contributed by atoms with Crippen LogP contribution in [0.15, 0.2) is 157 Å². The van der Waals surface area contributed by atoms with Crippen LogP contribution in [0.1, 0.15) is 37.5 Å². The molecular weight excluding hydrogens is 627 g/mol. The van der Waals surface area contributed by atoms with E-state index in [4.69, 9.17) is 23.9 Å². The molecule has 5 rings (SSSR count). The third-order valence-electron chi connectivity index (χ3n) is 8.49. The minimum Gasteiger partial charge on any atom is -0.443 e. The predicted octanol–water partition coefficient (Wildman–Crippen LogP) is 7.30. The minimum absolute atomic E-state index is 0.0446. The Morgan fingerprint density at radius 2 is 1.00 bits per heavy atom. The molecule has 0 aliphatic heterocycles. The fourth-order valence-corrected chi connectivity index (χ4v) is 10.0. The average molecular weight is 674 g/mol. The number of nitrogens with zero attached hydrogens (tertiary/aromatic N) is 1. The molecule has 0 heterocycles. The summed E-state index contributed by atoms with van der Waals surface area (Å²) < 4.78 is 25.8. The van der Waals surface area contributed by atoms with E-state index < -0.39 is 26.6 Å². The highest BCUT2D eigenvalue weighted by molar-refractivity contribution is 6.99. The highest BCUT2D eigenvalue weighted by atomic mass is 28.4. The van der Waals surface area contributed by atoms with Gasteiger partial charge >= 0.3 is 8.32 Å². The molecule has 0 fully saturated rings. The van der Waals surface area contributed by atoms with Crippen molar-refractivity contribution in [2.75, 3.05) is 6.61 Å². The Morgan fingerprint density at radius 1 is 0.592 bits per heavy atom. The number of hydrogen-bond acceptors (Lipinski definition) is 6. The molecule has 7 heteroatoms. The van der Waals surface area contributed by atoms with Crippen molar-refractivity contribution >= 4 is 24.9 Å². The normalized spacial score (nSPS) is 14.0. The van der Waals surface area contributed by atoms with Gasteiger partial charge in [0.05, 0.1) is 32.6 Å². The molecule has 6 nitrogen and oxygen atoms in total. The molecule has 0 radical (unpaired) electrons. The van der Waals surface area contributed by atoms with E-state index in [1.807, 2.05) is 127 Å². The van der Waals surface area contributed by atoms with Crippen LogP contribution in [-0.2, 0) is 38.6 Å². The lowest BCUT2D eigenvalue weighted by Gasteiger charge is -2.40. The summed E-state index contributed by atoms with van der Waals surface area (Å²) in [6, 6.07) is 50.5. The van der Waals surface area contributed by atoms with Gasteiger partial charge in [-0.05, 0) is 27.1 Å². The number of aliphatic hydroxyl groups is 1. The van der Waals surface area contributed by atoms with Gasteiger partial charge in [0, 0.05) is 5.04 Å². The molecule has 0 saturated carbocycles. The first kappa shape index (κ1) is 35.9. The summed E-state index contributed by atoms with van der Waals surface area (Å²) in [5.41, 5.74) is 2.99. The second-order valence-corrected chi connectivity index (χ2v) is 17.3. The summed E-state index contributed by atoms with van der Waals surface area (Å²) in [5.74, 6) is 0. The third kappa shape index (κ3) is 9.85. The molecule has 0 aliphatic rings. The molecule has 5 aromatic rings. The number of benzene rings is 5. The zero-order chi connectivity index (χ0) is 34.4. The van der Waals surface area contributed by atoms with Crippen molar-refractivity contribution in [1.29, 1.82) is 0 Å². The van der Waals surface area contributed by atoms with E-state index in [0.717, 1.165) is 27.1 Å².